The van der Waals surface area contributed by atoms with Crippen LogP contribution in [0.3, 0.4) is 0 Å². The minimum Gasteiger partial charge on any atom is -0.300 e. The fourth-order valence-electron chi connectivity index (χ4n) is 2.76. The molecule has 4 aromatic rings. The lowest BCUT2D eigenvalue weighted by molar-refractivity contribution is 0.584. The van der Waals surface area contributed by atoms with Gasteiger partial charge in [0.2, 0.25) is 10.0 Å². The molecule has 0 radical (unpaired) electrons. The number of sulfonamides is 1. The van der Waals surface area contributed by atoms with Gasteiger partial charge in [-0.15, -0.1) is 0 Å². The molecule has 8 nitrogen and oxygen atoms in total. The van der Waals surface area contributed by atoms with Crippen molar-refractivity contribution in [3.63, 3.8) is 0 Å². The van der Waals surface area contributed by atoms with E-state index >= 15 is 0 Å². The van der Waals surface area contributed by atoms with E-state index in [1.165, 1.54) is 0 Å². The van der Waals surface area contributed by atoms with E-state index in [4.69, 9.17) is 0 Å². The minimum absolute atomic E-state index is 0.224. The zero-order chi connectivity index (χ0) is 18.1. The van der Waals surface area contributed by atoms with Gasteiger partial charge in [-0.1, -0.05) is 6.92 Å². The number of hydrogen-bond acceptors (Lipinski definition) is 5. The average Bonchev–Trinajstić information content (AvgIpc) is 3.28. The normalized spacial score (nSPS) is 11.9. The van der Waals surface area contributed by atoms with Gasteiger partial charge in [0.05, 0.1) is 16.7 Å². The highest BCUT2D eigenvalue weighted by Gasteiger charge is 2.16. The summed E-state index contributed by atoms with van der Waals surface area (Å²) in [5.74, 6) is 0.681. The lowest BCUT2D eigenvalue weighted by Crippen LogP contribution is -2.23. The molecule has 9 heteroatoms. The van der Waals surface area contributed by atoms with E-state index in [1.54, 1.807) is 60.4 Å². The number of benzene rings is 1. The molecular weight excluding hydrogens is 352 g/mol. The molecule has 3 heterocycles. The molecule has 0 aliphatic heterocycles. The number of nitrogens with zero attached hydrogens (tertiary/aromatic N) is 5. The third-order valence-electron chi connectivity index (χ3n) is 3.92. The molecule has 0 spiro atoms. The standard InChI is InChI=1S/C17H16N6O2S/c1-2-21-26(24,25)14-6-4-13(5-7-14)22-11-9-19-16(22)15-12-20-23-10-3-8-18-17(15)23/h3-12,21H,2H2,1H3. The molecule has 0 saturated carbocycles. The van der Waals surface area contributed by atoms with Gasteiger partial charge in [-0.25, -0.2) is 27.6 Å². The van der Waals surface area contributed by atoms with Crippen LogP contribution in [0, 0.1) is 0 Å². The first-order valence-corrected chi connectivity index (χ1v) is 9.50. The van der Waals surface area contributed by atoms with Crippen LogP contribution in [0.15, 0.2) is 66.2 Å². The number of imidazole rings is 1. The summed E-state index contributed by atoms with van der Waals surface area (Å²) in [6, 6.07) is 8.44. The van der Waals surface area contributed by atoms with Crippen molar-refractivity contribution < 1.29 is 8.42 Å². The monoisotopic (exact) mass is 368 g/mol. The van der Waals surface area contributed by atoms with Gasteiger partial charge in [-0.05, 0) is 30.3 Å². The van der Waals surface area contributed by atoms with Crippen LogP contribution in [0.4, 0.5) is 0 Å². The quantitative estimate of drug-likeness (QED) is 0.580. The molecule has 0 bridgehead atoms. The second-order valence-corrected chi connectivity index (χ2v) is 7.33. The Morgan fingerprint density at radius 1 is 1.08 bits per heavy atom. The van der Waals surface area contributed by atoms with Crippen molar-refractivity contribution in [2.75, 3.05) is 6.54 Å². The number of hydrogen-bond donors (Lipinski definition) is 1. The van der Waals surface area contributed by atoms with Crippen molar-refractivity contribution in [1.29, 1.82) is 0 Å². The van der Waals surface area contributed by atoms with Gasteiger partial charge in [-0.2, -0.15) is 5.10 Å². The number of fused-ring (bicyclic) bond motifs is 1. The number of aromatic nitrogens is 5. The second kappa shape index (κ2) is 6.36. The first-order valence-electron chi connectivity index (χ1n) is 8.02. The van der Waals surface area contributed by atoms with Crippen molar-refractivity contribution in [3.8, 4) is 17.1 Å². The summed E-state index contributed by atoms with van der Waals surface area (Å²) < 4.78 is 30.2. The van der Waals surface area contributed by atoms with E-state index in [0.29, 0.717) is 18.0 Å². The third kappa shape index (κ3) is 2.76. The van der Waals surface area contributed by atoms with E-state index in [9.17, 15) is 8.42 Å². The molecule has 3 aromatic heterocycles. The maximum Gasteiger partial charge on any atom is 0.240 e. The van der Waals surface area contributed by atoms with Crippen LogP contribution in [0.5, 0.6) is 0 Å². The lowest BCUT2D eigenvalue weighted by atomic mass is 10.2. The molecule has 0 atom stereocenters. The Labute approximate surface area is 150 Å². The van der Waals surface area contributed by atoms with Gasteiger partial charge in [0, 0.05) is 37.0 Å². The summed E-state index contributed by atoms with van der Waals surface area (Å²) in [4.78, 5) is 9.01. The third-order valence-corrected chi connectivity index (χ3v) is 5.48. The first-order chi connectivity index (χ1) is 12.6. The highest BCUT2D eigenvalue weighted by Crippen LogP contribution is 2.25. The molecule has 1 aromatic carbocycles. The summed E-state index contributed by atoms with van der Waals surface area (Å²) in [6.07, 6.45) is 8.74. The lowest BCUT2D eigenvalue weighted by Gasteiger charge is -2.09. The molecule has 0 unspecified atom stereocenters. The summed E-state index contributed by atoms with van der Waals surface area (Å²) in [5, 5.41) is 4.29. The van der Waals surface area contributed by atoms with Crippen molar-refractivity contribution in [1.82, 2.24) is 28.9 Å². The maximum atomic E-state index is 12.1. The minimum atomic E-state index is -3.48. The zero-order valence-corrected chi connectivity index (χ0v) is 14.8. The Morgan fingerprint density at radius 3 is 2.65 bits per heavy atom. The van der Waals surface area contributed by atoms with E-state index in [1.807, 2.05) is 17.0 Å². The van der Waals surface area contributed by atoms with Crippen molar-refractivity contribution in [2.45, 2.75) is 11.8 Å². The summed E-state index contributed by atoms with van der Waals surface area (Å²) in [5.41, 5.74) is 2.29. The predicted octanol–water partition coefficient (Wildman–Crippen LogP) is 1.88. The van der Waals surface area contributed by atoms with Gasteiger partial charge in [-0.3, -0.25) is 4.57 Å². The molecule has 1 N–H and O–H groups in total. The Hall–Kier alpha value is -3.04. The predicted molar refractivity (Wildman–Crippen MR) is 96.4 cm³/mol. The molecule has 26 heavy (non-hydrogen) atoms. The van der Waals surface area contributed by atoms with Gasteiger partial charge in [0.1, 0.15) is 5.82 Å². The van der Waals surface area contributed by atoms with Crippen molar-refractivity contribution >= 4 is 15.7 Å². The molecule has 4 rings (SSSR count). The average molecular weight is 368 g/mol. The SMILES string of the molecule is CCNS(=O)(=O)c1ccc(-n2ccnc2-c2cnn3cccnc23)cc1. The van der Waals surface area contributed by atoms with Crippen molar-refractivity contribution in [2.24, 2.45) is 0 Å². The summed E-state index contributed by atoms with van der Waals surface area (Å²) >= 11 is 0. The summed E-state index contributed by atoms with van der Waals surface area (Å²) in [7, 11) is -3.48. The van der Waals surface area contributed by atoms with Gasteiger partial charge < -0.3 is 0 Å². The van der Waals surface area contributed by atoms with Crippen molar-refractivity contribution in [3.05, 3.63) is 61.3 Å². The topological polar surface area (TPSA) is 94.2 Å². The fourth-order valence-corrected chi connectivity index (χ4v) is 3.80. The van der Waals surface area contributed by atoms with Crippen LogP contribution < -0.4 is 4.72 Å². The van der Waals surface area contributed by atoms with Gasteiger partial charge in [0.25, 0.3) is 0 Å². The Balaban J connectivity index is 1.76. The highest BCUT2D eigenvalue weighted by atomic mass is 32.2. The molecule has 0 aliphatic carbocycles. The van der Waals surface area contributed by atoms with Crippen LogP contribution in [0.1, 0.15) is 6.92 Å². The Morgan fingerprint density at radius 2 is 1.88 bits per heavy atom. The highest BCUT2D eigenvalue weighted by molar-refractivity contribution is 7.89. The van der Waals surface area contributed by atoms with E-state index in [0.717, 1.165) is 11.3 Å². The van der Waals surface area contributed by atoms with Crippen LogP contribution in [-0.4, -0.2) is 39.1 Å². The number of rotatable bonds is 5. The molecule has 0 aliphatic rings. The van der Waals surface area contributed by atoms with Crippen LogP contribution in [0.2, 0.25) is 0 Å². The largest absolute Gasteiger partial charge is 0.300 e. The van der Waals surface area contributed by atoms with Crippen LogP contribution >= 0.6 is 0 Å². The first kappa shape index (κ1) is 16.4. The van der Waals surface area contributed by atoms with Crippen LogP contribution in [0.25, 0.3) is 22.7 Å². The molecule has 0 amide bonds. The maximum absolute atomic E-state index is 12.1. The zero-order valence-electron chi connectivity index (χ0n) is 13.9. The van der Waals surface area contributed by atoms with E-state index < -0.39 is 10.0 Å². The molecule has 0 fully saturated rings. The number of nitrogens with one attached hydrogen (secondary N) is 1. The molecular formula is C17H16N6O2S. The van der Waals surface area contributed by atoms with Gasteiger partial charge >= 0.3 is 0 Å². The smallest absolute Gasteiger partial charge is 0.240 e. The Kier molecular flexibility index (Phi) is 4.02. The van der Waals surface area contributed by atoms with E-state index in [2.05, 4.69) is 19.8 Å². The van der Waals surface area contributed by atoms with E-state index in [-0.39, 0.29) is 4.90 Å². The fraction of sp³-hybridized carbons (Fsp3) is 0.118. The van der Waals surface area contributed by atoms with Crippen LogP contribution in [-0.2, 0) is 10.0 Å². The Bertz CT molecular complexity index is 1160. The molecule has 0 saturated heterocycles. The molecule has 132 valence electrons. The summed E-state index contributed by atoms with van der Waals surface area (Å²) in [6.45, 7) is 2.09. The van der Waals surface area contributed by atoms with Gasteiger partial charge in [0.15, 0.2) is 5.65 Å². The second-order valence-electron chi connectivity index (χ2n) is 5.56.